The SMILES string of the molecule is CCCn1cc(C(NCC)c2cc(CC)nn2CC)cn1. The average Bonchev–Trinajstić information content (AvgIpc) is 3.11. The first kappa shape index (κ1) is 15.8. The van der Waals surface area contributed by atoms with Crippen molar-refractivity contribution >= 4 is 0 Å². The number of nitrogens with one attached hydrogen (secondary N) is 1. The van der Waals surface area contributed by atoms with Crippen LogP contribution in [0.25, 0.3) is 0 Å². The highest BCUT2D eigenvalue weighted by molar-refractivity contribution is 5.26. The fourth-order valence-electron chi connectivity index (χ4n) is 2.62. The minimum absolute atomic E-state index is 0.161. The van der Waals surface area contributed by atoms with E-state index in [1.165, 1.54) is 11.3 Å². The van der Waals surface area contributed by atoms with Gasteiger partial charge < -0.3 is 5.32 Å². The Morgan fingerprint density at radius 3 is 2.67 bits per heavy atom. The molecule has 0 aliphatic heterocycles. The van der Waals surface area contributed by atoms with Crippen LogP contribution in [0.1, 0.15) is 57.1 Å². The van der Waals surface area contributed by atoms with E-state index in [1.54, 1.807) is 0 Å². The first-order valence-electron chi connectivity index (χ1n) is 8.05. The minimum atomic E-state index is 0.161. The third-order valence-corrected chi connectivity index (χ3v) is 3.67. The van der Waals surface area contributed by atoms with Gasteiger partial charge in [0.05, 0.1) is 23.6 Å². The van der Waals surface area contributed by atoms with Gasteiger partial charge in [0, 0.05) is 24.8 Å². The average molecular weight is 289 g/mol. The summed E-state index contributed by atoms with van der Waals surface area (Å²) in [6, 6.07) is 2.38. The Morgan fingerprint density at radius 2 is 2.05 bits per heavy atom. The largest absolute Gasteiger partial charge is 0.305 e. The Balaban J connectivity index is 2.35. The zero-order valence-electron chi connectivity index (χ0n) is 13.6. The van der Waals surface area contributed by atoms with Crippen LogP contribution in [0.2, 0.25) is 0 Å². The van der Waals surface area contributed by atoms with Gasteiger partial charge in [-0.1, -0.05) is 20.8 Å². The molecule has 0 radical (unpaired) electrons. The molecule has 21 heavy (non-hydrogen) atoms. The molecule has 0 fully saturated rings. The van der Waals surface area contributed by atoms with Gasteiger partial charge in [0.15, 0.2) is 0 Å². The summed E-state index contributed by atoms with van der Waals surface area (Å²) in [5.41, 5.74) is 3.59. The maximum atomic E-state index is 4.67. The zero-order chi connectivity index (χ0) is 15.2. The number of rotatable bonds is 8. The first-order chi connectivity index (χ1) is 10.2. The summed E-state index contributed by atoms with van der Waals surface area (Å²) in [6.45, 7) is 11.4. The van der Waals surface area contributed by atoms with Crippen LogP contribution in [0.3, 0.4) is 0 Å². The van der Waals surface area contributed by atoms with Crippen molar-refractivity contribution < 1.29 is 0 Å². The molecule has 5 heteroatoms. The van der Waals surface area contributed by atoms with Crippen molar-refractivity contribution in [2.75, 3.05) is 6.54 Å². The fraction of sp³-hybridized carbons (Fsp3) is 0.625. The second kappa shape index (κ2) is 7.41. The van der Waals surface area contributed by atoms with Gasteiger partial charge in [-0.25, -0.2) is 0 Å². The number of aromatic nitrogens is 4. The predicted molar refractivity (Wildman–Crippen MR) is 85.3 cm³/mol. The Kier molecular flexibility index (Phi) is 5.56. The van der Waals surface area contributed by atoms with E-state index in [2.05, 4.69) is 60.2 Å². The van der Waals surface area contributed by atoms with Crippen LogP contribution in [0.4, 0.5) is 0 Å². The maximum Gasteiger partial charge on any atom is 0.0779 e. The summed E-state index contributed by atoms with van der Waals surface area (Å²) >= 11 is 0. The lowest BCUT2D eigenvalue weighted by atomic mass is 10.1. The highest BCUT2D eigenvalue weighted by Gasteiger charge is 2.20. The topological polar surface area (TPSA) is 47.7 Å². The van der Waals surface area contributed by atoms with Gasteiger partial charge in [0.1, 0.15) is 0 Å². The van der Waals surface area contributed by atoms with Crippen LogP contribution in [-0.2, 0) is 19.5 Å². The summed E-state index contributed by atoms with van der Waals surface area (Å²) in [5, 5.41) is 12.7. The first-order valence-corrected chi connectivity index (χ1v) is 8.05. The molecule has 2 aromatic rings. The second-order valence-electron chi connectivity index (χ2n) is 5.26. The van der Waals surface area contributed by atoms with E-state index in [4.69, 9.17) is 0 Å². The molecule has 0 bridgehead atoms. The third-order valence-electron chi connectivity index (χ3n) is 3.67. The highest BCUT2D eigenvalue weighted by Crippen LogP contribution is 2.23. The number of hydrogen-bond donors (Lipinski definition) is 1. The van der Waals surface area contributed by atoms with Crippen molar-refractivity contribution in [3.63, 3.8) is 0 Å². The van der Waals surface area contributed by atoms with Crippen molar-refractivity contribution in [2.24, 2.45) is 0 Å². The molecule has 0 aliphatic carbocycles. The van der Waals surface area contributed by atoms with Crippen LogP contribution in [0, 0.1) is 0 Å². The molecule has 0 aliphatic rings. The van der Waals surface area contributed by atoms with Crippen LogP contribution < -0.4 is 5.32 Å². The lowest BCUT2D eigenvalue weighted by Crippen LogP contribution is -2.24. The van der Waals surface area contributed by atoms with Crippen LogP contribution in [0.15, 0.2) is 18.5 Å². The number of hydrogen-bond acceptors (Lipinski definition) is 3. The number of aryl methyl sites for hydroxylation is 3. The van der Waals surface area contributed by atoms with Crippen molar-refractivity contribution in [3.05, 3.63) is 35.4 Å². The Hall–Kier alpha value is -1.62. The van der Waals surface area contributed by atoms with Gasteiger partial charge in [-0.15, -0.1) is 0 Å². The molecule has 2 rings (SSSR count). The molecule has 1 atom stereocenters. The monoisotopic (exact) mass is 289 g/mol. The molecular formula is C16H27N5. The Labute approximate surface area is 127 Å². The molecule has 0 amide bonds. The van der Waals surface area contributed by atoms with E-state index in [9.17, 15) is 0 Å². The van der Waals surface area contributed by atoms with E-state index in [1.807, 2.05) is 10.9 Å². The van der Waals surface area contributed by atoms with Gasteiger partial charge in [0.2, 0.25) is 0 Å². The smallest absolute Gasteiger partial charge is 0.0779 e. The van der Waals surface area contributed by atoms with Crippen LogP contribution >= 0.6 is 0 Å². The van der Waals surface area contributed by atoms with Gasteiger partial charge in [-0.05, 0) is 32.4 Å². The molecule has 1 N–H and O–H groups in total. The minimum Gasteiger partial charge on any atom is -0.305 e. The quantitative estimate of drug-likeness (QED) is 0.813. The van der Waals surface area contributed by atoms with Crippen molar-refractivity contribution in [2.45, 2.75) is 59.7 Å². The van der Waals surface area contributed by atoms with E-state index < -0.39 is 0 Å². The molecule has 0 saturated carbocycles. The Morgan fingerprint density at radius 1 is 1.24 bits per heavy atom. The van der Waals surface area contributed by atoms with Gasteiger partial charge in [-0.2, -0.15) is 10.2 Å². The van der Waals surface area contributed by atoms with Crippen molar-refractivity contribution in [3.8, 4) is 0 Å². The standard InChI is InChI=1S/C16H27N5/c1-5-9-20-12-13(11-18-20)16(17-7-3)15-10-14(6-2)19-21(15)8-4/h10-12,16-17H,5-9H2,1-4H3. The third kappa shape index (κ3) is 3.53. The summed E-state index contributed by atoms with van der Waals surface area (Å²) in [5.74, 6) is 0. The Bertz CT molecular complexity index is 555. The second-order valence-corrected chi connectivity index (χ2v) is 5.26. The molecule has 1 unspecified atom stereocenters. The van der Waals surface area contributed by atoms with Crippen molar-refractivity contribution in [1.82, 2.24) is 24.9 Å². The van der Waals surface area contributed by atoms with E-state index >= 15 is 0 Å². The molecule has 5 nitrogen and oxygen atoms in total. The molecule has 2 aromatic heterocycles. The highest BCUT2D eigenvalue weighted by atomic mass is 15.3. The molecular weight excluding hydrogens is 262 g/mol. The lowest BCUT2D eigenvalue weighted by molar-refractivity contribution is 0.539. The van der Waals surface area contributed by atoms with Crippen LogP contribution in [-0.4, -0.2) is 26.1 Å². The van der Waals surface area contributed by atoms with Crippen molar-refractivity contribution in [1.29, 1.82) is 0 Å². The molecule has 0 saturated heterocycles. The normalized spacial score (nSPS) is 12.8. The summed E-state index contributed by atoms with van der Waals surface area (Å²) in [4.78, 5) is 0. The zero-order valence-corrected chi connectivity index (χ0v) is 13.6. The van der Waals surface area contributed by atoms with Gasteiger partial charge >= 0.3 is 0 Å². The van der Waals surface area contributed by atoms with Gasteiger partial charge in [0.25, 0.3) is 0 Å². The van der Waals surface area contributed by atoms with E-state index in [0.717, 1.165) is 38.2 Å². The number of nitrogens with zero attached hydrogens (tertiary/aromatic N) is 4. The van der Waals surface area contributed by atoms with Crippen LogP contribution in [0.5, 0.6) is 0 Å². The predicted octanol–water partition coefficient (Wildman–Crippen LogP) is 2.77. The molecule has 0 spiro atoms. The molecule has 116 valence electrons. The lowest BCUT2D eigenvalue weighted by Gasteiger charge is -2.17. The van der Waals surface area contributed by atoms with E-state index in [0.29, 0.717) is 0 Å². The summed E-state index contributed by atoms with van der Waals surface area (Å²) < 4.78 is 4.12. The maximum absolute atomic E-state index is 4.67. The van der Waals surface area contributed by atoms with Gasteiger partial charge in [-0.3, -0.25) is 9.36 Å². The summed E-state index contributed by atoms with van der Waals surface area (Å²) in [7, 11) is 0. The summed E-state index contributed by atoms with van der Waals surface area (Å²) in [6.07, 6.45) is 6.19. The molecule has 0 aromatic carbocycles. The van der Waals surface area contributed by atoms with E-state index in [-0.39, 0.29) is 6.04 Å². The molecule has 2 heterocycles. The fourth-order valence-corrected chi connectivity index (χ4v) is 2.62.